The SMILES string of the molecule is C1=CC(c2nc(-c3cccc4ccccc34)nc(-c3cccc4oc5ccc(-c6ccccc6)cc5c34)n2)=CCC1. The number of hydrogen-bond acceptors (Lipinski definition) is 4. The third-order valence-corrected chi connectivity index (χ3v) is 7.76. The maximum atomic E-state index is 6.33. The highest BCUT2D eigenvalue weighted by molar-refractivity contribution is 6.12. The second-order valence-electron chi connectivity index (χ2n) is 10.3. The maximum absolute atomic E-state index is 6.33. The first-order chi connectivity index (χ1) is 20.3. The third-order valence-electron chi connectivity index (χ3n) is 7.76. The van der Waals surface area contributed by atoms with E-state index in [2.05, 4.69) is 109 Å². The smallest absolute Gasteiger partial charge is 0.164 e. The van der Waals surface area contributed by atoms with Crippen LogP contribution in [0.1, 0.15) is 18.7 Å². The number of hydrogen-bond donors (Lipinski definition) is 0. The summed E-state index contributed by atoms with van der Waals surface area (Å²) in [6.45, 7) is 0. The van der Waals surface area contributed by atoms with Crippen LogP contribution in [-0.2, 0) is 0 Å². The Morgan fingerprint density at radius 3 is 2.17 bits per heavy atom. The zero-order valence-electron chi connectivity index (χ0n) is 22.3. The molecule has 8 rings (SSSR count). The Morgan fingerprint density at radius 2 is 1.29 bits per heavy atom. The van der Waals surface area contributed by atoms with Crippen LogP contribution in [0.5, 0.6) is 0 Å². The molecule has 0 saturated heterocycles. The molecule has 5 aromatic carbocycles. The highest BCUT2D eigenvalue weighted by atomic mass is 16.3. The van der Waals surface area contributed by atoms with Crippen LogP contribution in [-0.4, -0.2) is 15.0 Å². The second-order valence-corrected chi connectivity index (χ2v) is 10.3. The quantitative estimate of drug-likeness (QED) is 0.229. The average molecular weight is 528 g/mol. The van der Waals surface area contributed by atoms with Crippen molar-refractivity contribution in [2.45, 2.75) is 12.8 Å². The van der Waals surface area contributed by atoms with Crippen molar-refractivity contribution in [2.24, 2.45) is 0 Å². The molecular weight excluding hydrogens is 502 g/mol. The standard InChI is InChI=1S/C37H25N3O/c1-3-11-24(12-4-1)27-21-22-32-31(23-27)34-30(19-10-20-33(34)41-32)37-39-35(26-14-5-2-6-15-26)38-36(40-37)29-18-9-16-25-13-7-8-17-28(25)29/h1,3-5,7-23H,2,6H2. The Labute approximate surface area is 237 Å². The van der Waals surface area contributed by atoms with E-state index in [-0.39, 0.29) is 0 Å². The predicted molar refractivity (Wildman–Crippen MR) is 167 cm³/mol. The van der Waals surface area contributed by atoms with Gasteiger partial charge < -0.3 is 4.42 Å². The monoisotopic (exact) mass is 527 g/mol. The number of nitrogens with zero attached hydrogens (tertiary/aromatic N) is 3. The van der Waals surface area contributed by atoms with Gasteiger partial charge in [-0.1, -0.05) is 109 Å². The van der Waals surface area contributed by atoms with Crippen molar-refractivity contribution >= 4 is 38.3 Å². The Bertz CT molecular complexity index is 2150. The molecular formula is C37H25N3O. The summed E-state index contributed by atoms with van der Waals surface area (Å²) in [4.78, 5) is 15.2. The van der Waals surface area contributed by atoms with Crippen LogP contribution < -0.4 is 0 Å². The van der Waals surface area contributed by atoms with Crippen LogP contribution in [0.15, 0.2) is 132 Å². The van der Waals surface area contributed by atoms with Crippen molar-refractivity contribution in [3.63, 3.8) is 0 Å². The number of benzene rings is 5. The molecule has 1 aliphatic carbocycles. The van der Waals surface area contributed by atoms with Gasteiger partial charge in [0.25, 0.3) is 0 Å². The highest BCUT2D eigenvalue weighted by Crippen LogP contribution is 2.38. The number of rotatable bonds is 4. The molecule has 0 fully saturated rings. The molecule has 0 unspecified atom stereocenters. The summed E-state index contributed by atoms with van der Waals surface area (Å²) in [6.07, 6.45) is 8.52. The van der Waals surface area contributed by atoms with Crippen molar-refractivity contribution < 1.29 is 4.42 Å². The third kappa shape index (κ3) is 4.12. The first-order valence-electron chi connectivity index (χ1n) is 13.9. The van der Waals surface area contributed by atoms with Crippen LogP contribution in [0.2, 0.25) is 0 Å². The number of allylic oxidation sites excluding steroid dienone is 4. The Balaban J connectivity index is 1.39. The van der Waals surface area contributed by atoms with E-state index in [0.29, 0.717) is 17.5 Å². The number of furan rings is 1. The summed E-state index contributed by atoms with van der Waals surface area (Å²) >= 11 is 0. The van der Waals surface area contributed by atoms with Crippen LogP contribution in [0.3, 0.4) is 0 Å². The molecule has 0 N–H and O–H groups in total. The molecule has 7 aromatic rings. The number of fused-ring (bicyclic) bond motifs is 4. The van der Waals surface area contributed by atoms with Gasteiger partial charge in [0.05, 0.1) is 0 Å². The number of aromatic nitrogens is 3. The van der Waals surface area contributed by atoms with E-state index in [1.165, 1.54) is 0 Å². The molecule has 4 heteroatoms. The molecule has 0 bridgehead atoms. The van der Waals surface area contributed by atoms with E-state index < -0.39 is 0 Å². The summed E-state index contributed by atoms with van der Waals surface area (Å²) in [5, 5.41) is 4.32. The lowest BCUT2D eigenvalue weighted by atomic mass is 10.0. The lowest BCUT2D eigenvalue weighted by Crippen LogP contribution is -2.03. The Hall–Kier alpha value is -5.35. The van der Waals surface area contributed by atoms with Crippen molar-refractivity contribution in [3.05, 3.63) is 133 Å². The molecule has 0 atom stereocenters. The van der Waals surface area contributed by atoms with Gasteiger partial charge in [-0.15, -0.1) is 0 Å². The minimum atomic E-state index is 0.635. The van der Waals surface area contributed by atoms with Gasteiger partial charge >= 0.3 is 0 Å². The van der Waals surface area contributed by atoms with Crippen LogP contribution in [0.4, 0.5) is 0 Å². The molecule has 194 valence electrons. The predicted octanol–water partition coefficient (Wildman–Crippen LogP) is 9.66. The van der Waals surface area contributed by atoms with Gasteiger partial charge in [0.2, 0.25) is 0 Å². The zero-order valence-corrected chi connectivity index (χ0v) is 22.3. The lowest BCUT2D eigenvalue weighted by Gasteiger charge is -2.12. The Morgan fingerprint density at radius 1 is 0.537 bits per heavy atom. The maximum Gasteiger partial charge on any atom is 0.164 e. The van der Waals surface area contributed by atoms with E-state index in [4.69, 9.17) is 19.4 Å². The molecule has 2 aromatic heterocycles. The van der Waals surface area contributed by atoms with Crippen LogP contribution in [0, 0.1) is 0 Å². The van der Waals surface area contributed by atoms with E-state index in [0.717, 1.165) is 73.4 Å². The topological polar surface area (TPSA) is 51.8 Å². The van der Waals surface area contributed by atoms with Crippen LogP contribution >= 0.6 is 0 Å². The minimum Gasteiger partial charge on any atom is -0.456 e. The highest BCUT2D eigenvalue weighted by Gasteiger charge is 2.19. The van der Waals surface area contributed by atoms with Gasteiger partial charge in [-0.2, -0.15) is 0 Å². The van der Waals surface area contributed by atoms with Gasteiger partial charge in [-0.3, -0.25) is 0 Å². The van der Waals surface area contributed by atoms with E-state index in [1.54, 1.807) is 0 Å². The van der Waals surface area contributed by atoms with E-state index in [9.17, 15) is 0 Å². The molecule has 0 aliphatic heterocycles. The summed E-state index contributed by atoms with van der Waals surface area (Å²) in [5.74, 6) is 1.98. The van der Waals surface area contributed by atoms with Gasteiger partial charge in [-0.05, 0) is 52.9 Å². The van der Waals surface area contributed by atoms with Crippen molar-refractivity contribution in [3.8, 4) is 33.9 Å². The fourth-order valence-electron chi connectivity index (χ4n) is 5.77. The fraction of sp³-hybridized carbons (Fsp3) is 0.0541. The summed E-state index contributed by atoms with van der Waals surface area (Å²) < 4.78 is 6.33. The first kappa shape index (κ1) is 23.5. The molecule has 4 nitrogen and oxygen atoms in total. The molecule has 0 amide bonds. The second kappa shape index (κ2) is 9.68. The van der Waals surface area contributed by atoms with E-state index in [1.807, 2.05) is 18.2 Å². The zero-order chi connectivity index (χ0) is 27.2. The van der Waals surface area contributed by atoms with Gasteiger partial charge in [0, 0.05) is 27.5 Å². The Kier molecular flexibility index (Phi) is 5.56. The molecule has 0 spiro atoms. The average Bonchev–Trinajstić information content (AvgIpc) is 3.43. The van der Waals surface area contributed by atoms with Gasteiger partial charge in [-0.25, -0.2) is 15.0 Å². The molecule has 0 radical (unpaired) electrons. The summed E-state index contributed by atoms with van der Waals surface area (Å²) in [7, 11) is 0. The van der Waals surface area contributed by atoms with E-state index >= 15 is 0 Å². The van der Waals surface area contributed by atoms with Crippen molar-refractivity contribution in [2.75, 3.05) is 0 Å². The van der Waals surface area contributed by atoms with Crippen molar-refractivity contribution in [1.82, 2.24) is 15.0 Å². The minimum absolute atomic E-state index is 0.635. The largest absolute Gasteiger partial charge is 0.456 e. The molecule has 0 saturated carbocycles. The fourth-order valence-corrected chi connectivity index (χ4v) is 5.77. The van der Waals surface area contributed by atoms with Gasteiger partial charge in [0.1, 0.15) is 11.2 Å². The lowest BCUT2D eigenvalue weighted by molar-refractivity contribution is 0.669. The first-order valence-corrected chi connectivity index (χ1v) is 13.9. The normalized spacial score (nSPS) is 13.2. The molecule has 41 heavy (non-hydrogen) atoms. The molecule has 1 aliphatic rings. The van der Waals surface area contributed by atoms with Gasteiger partial charge in [0.15, 0.2) is 17.5 Å². The van der Waals surface area contributed by atoms with Crippen LogP contribution in [0.25, 0.3) is 72.2 Å². The van der Waals surface area contributed by atoms with Crippen molar-refractivity contribution in [1.29, 1.82) is 0 Å². The summed E-state index contributed by atoms with van der Waals surface area (Å²) in [6, 6.07) is 37.6. The summed E-state index contributed by atoms with van der Waals surface area (Å²) in [5.41, 5.74) is 6.90. The molecule has 2 heterocycles.